The number of nitriles is 1. The van der Waals surface area contributed by atoms with Crippen molar-refractivity contribution in [3.05, 3.63) is 29.3 Å². The van der Waals surface area contributed by atoms with Gasteiger partial charge < -0.3 is 4.90 Å². The molecule has 1 aliphatic carbocycles. The first-order valence-electron chi connectivity index (χ1n) is 5.51. The van der Waals surface area contributed by atoms with Crippen LogP contribution < -0.4 is 4.90 Å². The summed E-state index contributed by atoms with van der Waals surface area (Å²) in [7, 11) is 2.05. The van der Waals surface area contributed by atoms with E-state index in [1.54, 1.807) is 0 Å². The molecule has 0 saturated carbocycles. The van der Waals surface area contributed by atoms with Gasteiger partial charge in [-0.3, -0.25) is 0 Å². The highest BCUT2D eigenvalue weighted by atomic mass is 15.1. The molecule has 0 heterocycles. The van der Waals surface area contributed by atoms with E-state index in [2.05, 4.69) is 29.2 Å². The molecule has 0 aromatic heterocycles. The Morgan fingerprint density at radius 2 is 2.13 bits per heavy atom. The molecule has 0 unspecified atom stereocenters. The molecular formula is C13H16N2. The van der Waals surface area contributed by atoms with E-state index in [0.29, 0.717) is 6.42 Å². The summed E-state index contributed by atoms with van der Waals surface area (Å²) in [6.45, 7) is 0.815. The maximum atomic E-state index is 8.54. The van der Waals surface area contributed by atoms with E-state index in [4.69, 9.17) is 5.26 Å². The first kappa shape index (κ1) is 10.0. The van der Waals surface area contributed by atoms with Crippen LogP contribution in [0.1, 0.15) is 24.0 Å². The Morgan fingerprint density at radius 1 is 1.33 bits per heavy atom. The third-order valence-electron chi connectivity index (χ3n) is 3.08. The summed E-state index contributed by atoms with van der Waals surface area (Å²) in [6.07, 6.45) is 4.33. The molecule has 1 aromatic rings. The summed E-state index contributed by atoms with van der Waals surface area (Å²) in [5.74, 6) is 0. The van der Waals surface area contributed by atoms with Crippen LogP contribution in [-0.2, 0) is 12.8 Å². The number of hydrogen-bond donors (Lipinski definition) is 0. The van der Waals surface area contributed by atoms with Gasteiger partial charge in [0.25, 0.3) is 0 Å². The topological polar surface area (TPSA) is 27.0 Å². The summed E-state index contributed by atoms with van der Waals surface area (Å²) < 4.78 is 0. The summed E-state index contributed by atoms with van der Waals surface area (Å²) in [4.78, 5) is 2.15. The monoisotopic (exact) mass is 200 g/mol. The quantitative estimate of drug-likeness (QED) is 0.749. The number of anilines is 1. The Balaban J connectivity index is 2.12. The third kappa shape index (κ3) is 2.12. The average molecular weight is 200 g/mol. The Bertz CT molecular complexity index is 390. The van der Waals surface area contributed by atoms with E-state index in [-0.39, 0.29) is 0 Å². The number of fused-ring (bicyclic) bond motifs is 1. The maximum Gasteiger partial charge on any atom is 0.0640 e. The zero-order chi connectivity index (χ0) is 10.7. The predicted molar refractivity (Wildman–Crippen MR) is 62.0 cm³/mol. The molecule has 78 valence electrons. The maximum absolute atomic E-state index is 8.54. The second kappa shape index (κ2) is 4.35. The Hall–Kier alpha value is -1.49. The van der Waals surface area contributed by atoms with Gasteiger partial charge in [-0.15, -0.1) is 0 Å². The van der Waals surface area contributed by atoms with Gasteiger partial charge in [-0.2, -0.15) is 5.26 Å². The van der Waals surface area contributed by atoms with Crippen LogP contribution in [0.4, 0.5) is 5.69 Å². The lowest BCUT2D eigenvalue weighted by atomic mass is 10.1. The molecule has 0 N–H and O–H groups in total. The normalized spacial score (nSPS) is 13.3. The summed E-state index contributed by atoms with van der Waals surface area (Å²) >= 11 is 0. The van der Waals surface area contributed by atoms with Gasteiger partial charge in [0.15, 0.2) is 0 Å². The molecule has 1 aromatic carbocycles. The molecule has 0 radical (unpaired) electrons. The highest BCUT2D eigenvalue weighted by molar-refractivity contribution is 5.51. The Morgan fingerprint density at radius 3 is 2.93 bits per heavy atom. The fourth-order valence-electron chi connectivity index (χ4n) is 2.14. The molecule has 0 atom stereocenters. The summed E-state index contributed by atoms with van der Waals surface area (Å²) in [5.41, 5.74) is 4.25. The third-order valence-corrected chi connectivity index (χ3v) is 3.08. The van der Waals surface area contributed by atoms with E-state index in [1.807, 2.05) is 7.05 Å². The molecule has 2 heteroatoms. The minimum atomic E-state index is 0.591. The lowest BCUT2D eigenvalue weighted by Gasteiger charge is -2.18. The van der Waals surface area contributed by atoms with E-state index in [0.717, 1.165) is 6.54 Å². The van der Waals surface area contributed by atoms with Crippen molar-refractivity contribution >= 4 is 5.69 Å². The highest BCUT2D eigenvalue weighted by Crippen LogP contribution is 2.26. The van der Waals surface area contributed by atoms with Gasteiger partial charge in [0.2, 0.25) is 0 Å². The van der Waals surface area contributed by atoms with Gasteiger partial charge in [0.1, 0.15) is 0 Å². The molecule has 0 aliphatic heterocycles. The molecular weight excluding hydrogens is 184 g/mol. The van der Waals surface area contributed by atoms with Crippen molar-refractivity contribution < 1.29 is 0 Å². The van der Waals surface area contributed by atoms with Gasteiger partial charge >= 0.3 is 0 Å². The molecule has 2 rings (SSSR count). The van der Waals surface area contributed by atoms with E-state index < -0.39 is 0 Å². The van der Waals surface area contributed by atoms with E-state index >= 15 is 0 Å². The van der Waals surface area contributed by atoms with Crippen LogP contribution in [0.5, 0.6) is 0 Å². The number of nitrogens with zero attached hydrogens (tertiary/aromatic N) is 2. The highest BCUT2D eigenvalue weighted by Gasteiger charge is 2.11. The number of aryl methyl sites for hydroxylation is 2. The van der Waals surface area contributed by atoms with Crippen molar-refractivity contribution in [2.45, 2.75) is 25.7 Å². The Kier molecular flexibility index (Phi) is 2.91. The minimum Gasteiger partial charge on any atom is -0.374 e. The molecule has 0 bridgehead atoms. The van der Waals surface area contributed by atoms with Crippen LogP contribution in [-0.4, -0.2) is 13.6 Å². The SMILES string of the molecule is CN(CCC#N)c1ccc2c(c1)CCC2. The average Bonchev–Trinajstić information content (AvgIpc) is 2.72. The van der Waals surface area contributed by atoms with Gasteiger partial charge in [-0.25, -0.2) is 0 Å². The van der Waals surface area contributed by atoms with Crippen molar-refractivity contribution in [2.24, 2.45) is 0 Å². The summed E-state index contributed by atoms with van der Waals surface area (Å²) in [5, 5.41) is 8.54. The number of rotatable bonds is 3. The summed E-state index contributed by atoms with van der Waals surface area (Å²) in [6, 6.07) is 8.86. The zero-order valence-corrected chi connectivity index (χ0v) is 9.16. The lowest BCUT2D eigenvalue weighted by Crippen LogP contribution is -2.18. The Labute approximate surface area is 91.1 Å². The largest absolute Gasteiger partial charge is 0.374 e. The molecule has 0 saturated heterocycles. The first-order valence-corrected chi connectivity index (χ1v) is 5.51. The van der Waals surface area contributed by atoms with Gasteiger partial charge in [-0.1, -0.05) is 6.07 Å². The standard InChI is InChI=1S/C13H16N2/c1-15(9-3-8-14)13-7-6-11-4-2-5-12(11)10-13/h6-7,10H,2-5,9H2,1H3. The van der Waals surface area contributed by atoms with Crippen molar-refractivity contribution in [1.29, 1.82) is 5.26 Å². The molecule has 1 aliphatic rings. The van der Waals surface area contributed by atoms with E-state index in [1.165, 1.54) is 36.1 Å². The predicted octanol–water partition coefficient (Wildman–Crippen LogP) is 2.53. The number of hydrogen-bond acceptors (Lipinski definition) is 2. The van der Waals surface area contributed by atoms with Crippen LogP contribution in [0.15, 0.2) is 18.2 Å². The second-order valence-electron chi connectivity index (χ2n) is 4.14. The van der Waals surface area contributed by atoms with E-state index in [9.17, 15) is 0 Å². The van der Waals surface area contributed by atoms with Crippen molar-refractivity contribution in [3.8, 4) is 6.07 Å². The molecule has 0 amide bonds. The fraction of sp³-hybridized carbons (Fsp3) is 0.462. The van der Waals surface area contributed by atoms with Crippen LogP contribution in [0.25, 0.3) is 0 Å². The molecule has 0 fully saturated rings. The van der Waals surface area contributed by atoms with Crippen LogP contribution in [0, 0.1) is 11.3 Å². The van der Waals surface area contributed by atoms with Gasteiger partial charge in [0.05, 0.1) is 12.5 Å². The zero-order valence-electron chi connectivity index (χ0n) is 9.16. The fourth-order valence-corrected chi connectivity index (χ4v) is 2.14. The number of benzene rings is 1. The van der Waals surface area contributed by atoms with Crippen molar-refractivity contribution in [3.63, 3.8) is 0 Å². The molecule has 0 spiro atoms. The van der Waals surface area contributed by atoms with Crippen molar-refractivity contribution in [2.75, 3.05) is 18.5 Å². The van der Waals surface area contributed by atoms with Crippen LogP contribution in [0.2, 0.25) is 0 Å². The smallest absolute Gasteiger partial charge is 0.0640 e. The first-order chi connectivity index (χ1) is 7.31. The molecule has 2 nitrogen and oxygen atoms in total. The van der Waals surface area contributed by atoms with Gasteiger partial charge in [-0.05, 0) is 42.5 Å². The van der Waals surface area contributed by atoms with Crippen molar-refractivity contribution in [1.82, 2.24) is 0 Å². The minimum absolute atomic E-state index is 0.591. The second-order valence-corrected chi connectivity index (χ2v) is 4.14. The van der Waals surface area contributed by atoms with Gasteiger partial charge in [0, 0.05) is 19.3 Å². The lowest BCUT2D eigenvalue weighted by molar-refractivity contribution is 0.901. The van der Waals surface area contributed by atoms with Crippen LogP contribution >= 0.6 is 0 Å². The van der Waals surface area contributed by atoms with Crippen LogP contribution in [0.3, 0.4) is 0 Å². The molecule has 15 heavy (non-hydrogen) atoms.